The van der Waals surface area contributed by atoms with Gasteiger partial charge in [0.25, 0.3) is 0 Å². The van der Waals surface area contributed by atoms with Crippen LogP contribution in [0, 0.1) is 13.8 Å². The Balaban J connectivity index is 1.79. The number of nitrogens with one attached hydrogen (secondary N) is 1. The number of rotatable bonds is 2. The molecule has 1 unspecified atom stereocenters. The molecule has 100 valence electrons. The van der Waals surface area contributed by atoms with Gasteiger partial charge in [0.2, 0.25) is 0 Å². The lowest BCUT2D eigenvalue weighted by Gasteiger charge is -2.26. The van der Waals surface area contributed by atoms with E-state index in [0.717, 1.165) is 12.1 Å². The molecular formula is C16H21N3. The molecule has 0 spiro atoms. The molecular weight excluding hydrogens is 234 g/mol. The minimum absolute atomic E-state index is 0.525. The average molecular weight is 255 g/mol. The molecule has 1 atom stereocenters. The molecule has 1 aliphatic carbocycles. The van der Waals surface area contributed by atoms with Crippen molar-refractivity contribution in [3.8, 4) is 0 Å². The maximum atomic E-state index is 4.47. The largest absolute Gasteiger partial charge is 0.379 e. The standard InChI is InChI=1S/C16H21N3/c1-11-16(12(2)19(3)18-11)17-15-9-8-13-6-4-5-7-14(13)10-15/h4-7,15,17H,8-10H2,1-3H3. The minimum atomic E-state index is 0.525. The minimum Gasteiger partial charge on any atom is -0.379 e. The predicted molar refractivity (Wildman–Crippen MR) is 78.6 cm³/mol. The first-order valence-electron chi connectivity index (χ1n) is 6.98. The zero-order chi connectivity index (χ0) is 13.4. The Hall–Kier alpha value is -1.77. The Morgan fingerprint density at radius 2 is 1.95 bits per heavy atom. The van der Waals surface area contributed by atoms with Gasteiger partial charge in [0.1, 0.15) is 0 Å². The molecule has 2 aromatic rings. The van der Waals surface area contributed by atoms with Crippen molar-refractivity contribution in [2.45, 2.75) is 39.2 Å². The highest BCUT2D eigenvalue weighted by Gasteiger charge is 2.20. The van der Waals surface area contributed by atoms with Gasteiger partial charge in [0.05, 0.1) is 17.1 Å². The molecule has 0 saturated carbocycles. The molecule has 1 aromatic carbocycles. The third-order valence-electron chi connectivity index (χ3n) is 4.20. The van der Waals surface area contributed by atoms with Gasteiger partial charge < -0.3 is 5.32 Å². The molecule has 19 heavy (non-hydrogen) atoms. The number of anilines is 1. The van der Waals surface area contributed by atoms with E-state index in [-0.39, 0.29) is 0 Å². The van der Waals surface area contributed by atoms with E-state index in [0.29, 0.717) is 6.04 Å². The number of benzene rings is 1. The molecule has 3 nitrogen and oxygen atoms in total. The normalized spacial score (nSPS) is 18.2. The maximum Gasteiger partial charge on any atom is 0.0827 e. The predicted octanol–water partition coefficient (Wildman–Crippen LogP) is 3.01. The third-order valence-corrected chi connectivity index (χ3v) is 4.20. The lowest BCUT2D eigenvalue weighted by atomic mass is 9.88. The fourth-order valence-corrected chi connectivity index (χ4v) is 3.01. The van der Waals surface area contributed by atoms with Crippen LogP contribution in [0.3, 0.4) is 0 Å². The van der Waals surface area contributed by atoms with Gasteiger partial charge in [0.15, 0.2) is 0 Å². The second kappa shape index (κ2) is 4.72. The zero-order valence-electron chi connectivity index (χ0n) is 11.9. The molecule has 0 saturated heterocycles. The zero-order valence-corrected chi connectivity index (χ0v) is 11.9. The fourth-order valence-electron chi connectivity index (χ4n) is 3.01. The molecule has 0 aliphatic heterocycles. The Morgan fingerprint density at radius 1 is 1.21 bits per heavy atom. The van der Waals surface area contributed by atoms with E-state index in [2.05, 4.69) is 48.5 Å². The van der Waals surface area contributed by atoms with Crippen LogP contribution >= 0.6 is 0 Å². The lowest BCUT2D eigenvalue weighted by Crippen LogP contribution is -2.27. The van der Waals surface area contributed by atoms with Crippen LogP contribution in [0.25, 0.3) is 0 Å². The number of fused-ring (bicyclic) bond motifs is 1. The molecule has 1 heterocycles. The molecule has 1 N–H and O–H groups in total. The number of nitrogens with zero attached hydrogens (tertiary/aromatic N) is 2. The summed E-state index contributed by atoms with van der Waals surface area (Å²) in [7, 11) is 2.00. The van der Waals surface area contributed by atoms with Crippen LogP contribution in [0.5, 0.6) is 0 Å². The number of aromatic nitrogens is 2. The summed E-state index contributed by atoms with van der Waals surface area (Å²) in [6, 6.07) is 9.32. The summed E-state index contributed by atoms with van der Waals surface area (Å²) < 4.78 is 1.95. The summed E-state index contributed by atoms with van der Waals surface area (Å²) >= 11 is 0. The molecule has 1 aliphatic rings. The van der Waals surface area contributed by atoms with Gasteiger partial charge in [-0.3, -0.25) is 4.68 Å². The summed E-state index contributed by atoms with van der Waals surface area (Å²) in [6.07, 6.45) is 3.49. The van der Waals surface area contributed by atoms with Gasteiger partial charge >= 0.3 is 0 Å². The second-order valence-corrected chi connectivity index (χ2v) is 5.52. The summed E-state index contributed by atoms with van der Waals surface area (Å²) in [5.41, 5.74) is 6.53. The van der Waals surface area contributed by atoms with Crippen molar-refractivity contribution >= 4 is 5.69 Å². The van der Waals surface area contributed by atoms with Crippen molar-refractivity contribution in [1.29, 1.82) is 0 Å². The Bertz CT molecular complexity index is 598. The van der Waals surface area contributed by atoms with Crippen molar-refractivity contribution in [2.75, 3.05) is 5.32 Å². The van der Waals surface area contributed by atoms with E-state index in [9.17, 15) is 0 Å². The van der Waals surface area contributed by atoms with E-state index in [1.807, 2.05) is 11.7 Å². The van der Waals surface area contributed by atoms with Gasteiger partial charge in [-0.25, -0.2) is 0 Å². The van der Waals surface area contributed by atoms with E-state index in [1.54, 1.807) is 0 Å². The highest BCUT2D eigenvalue weighted by Crippen LogP contribution is 2.26. The second-order valence-electron chi connectivity index (χ2n) is 5.52. The SMILES string of the molecule is Cc1nn(C)c(C)c1NC1CCc2ccccc2C1. The van der Waals surface area contributed by atoms with Crippen LogP contribution in [0.4, 0.5) is 5.69 Å². The monoisotopic (exact) mass is 255 g/mol. The quantitative estimate of drug-likeness (QED) is 0.894. The smallest absolute Gasteiger partial charge is 0.0827 e. The van der Waals surface area contributed by atoms with Gasteiger partial charge in [0, 0.05) is 13.1 Å². The number of hydrogen-bond acceptors (Lipinski definition) is 2. The lowest BCUT2D eigenvalue weighted by molar-refractivity contribution is 0.610. The van der Waals surface area contributed by atoms with Crippen LogP contribution < -0.4 is 5.32 Å². The summed E-state index contributed by atoms with van der Waals surface area (Å²) in [5, 5.41) is 8.17. The molecule has 0 bridgehead atoms. The highest BCUT2D eigenvalue weighted by atomic mass is 15.3. The van der Waals surface area contributed by atoms with Gasteiger partial charge in [-0.05, 0) is 44.2 Å². The summed E-state index contributed by atoms with van der Waals surface area (Å²) in [5.74, 6) is 0. The van der Waals surface area contributed by atoms with Crippen molar-refractivity contribution in [3.63, 3.8) is 0 Å². The first-order valence-corrected chi connectivity index (χ1v) is 6.98. The molecule has 3 rings (SSSR count). The van der Waals surface area contributed by atoms with E-state index in [1.165, 1.54) is 35.3 Å². The molecule has 1 aromatic heterocycles. The summed E-state index contributed by atoms with van der Waals surface area (Å²) in [4.78, 5) is 0. The first-order chi connectivity index (χ1) is 9.15. The highest BCUT2D eigenvalue weighted by molar-refractivity contribution is 5.53. The van der Waals surface area contributed by atoms with Gasteiger partial charge in [-0.15, -0.1) is 0 Å². The molecule has 0 radical (unpaired) electrons. The maximum absolute atomic E-state index is 4.47. The summed E-state index contributed by atoms with van der Waals surface area (Å²) in [6.45, 7) is 4.20. The molecule has 3 heteroatoms. The number of hydrogen-bond donors (Lipinski definition) is 1. The van der Waals surface area contributed by atoms with Crippen molar-refractivity contribution < 1.29 is 0 Å². The number of aryl methyl sites for hydroxylation is 3. The Labute approximate surface area is 114 Å². The van der Waals surface area contributed by atoms with E-state index < -0.39 is 0 Å². The van der Waals surface area contributed by atoms with Crippen molar-refractivity contribution in [2.24, 2.45) is 7.05 Å². The van der Waals surface area contributed by atoms with Crippen molar-refractivity contribution in [1.82, 2.24) is 9.78 Å². The van der Waals surface area contributed by atoms with Crippen LogP contribution in [0.15, 0.2) is 24.3 Å². The van der Waals surface area contributed by atoms with E-state index >= 15 is 0 Å². The van der Waals surface area contributed by atoms with Crippen molar-refractivity contribution in [3.05, 3.63) is 46.8 Å². The topological polar surface area (TPSA) is 29.9 Å². The van der Waals surface area contributed by atoms with Crippen LogP contribution in [0.1, 0.15) is 28.9 Å². The molecule has 0 amide bonds. The third kappa shape index (κ3) is 2.25. The van der Waals surface area contributed by atoms with Gasteiger partial charge in [-0.1, -0.05) is 24.3 Å². The first kappa shape index (κ1) is 12.3. The van der Waals surface area contributed by atoms with Gasteiger partial charge in [-0.2, -0.15) is 5.10 Å². The Morgan fingerprint density at radius 3 is 2.63 bits per heavy atom. The fraction of sp³-hybridized carbons (Fsp3) is 0.438. The van der Waals surface area contributed by atoms with Crippen LogP contribution in [-0.2, 0) is 19.9 Å². The Kier molecular flexibility index (Phi) is 3.05. The van der Waals surface area contributed by atoms with Crippen LogP contribution in [-0.4, -0.2) is 15.8 Å². The van der Waals surface area contributed by atoms with E-state index in [4.69, 9.17) is 0 Å². The molecule has 0 fully saturated rings. The average Bonchev–Trinajstić information content (AvgIpc) is 2.65. The van der Waals surface area contributed by atoms with Crippen LogP contribution in [0.2, 0.25) is 0 Å².